The average molecular weight is 746 g/mol. The Morgan fingerprint density at radius 3 is 2.02 bits per heavy atom. The number of ether oxygens (including phenoxy) is 2. The number of aryl methyl sites for hydroxylation is 1. The summed E-state index contributed by atoms with van der Waals surface area (Å²) in [5.41, 5.74) is 2.79. The van der Waals surface area contributed by atoms with Crippen LogP contribution in [0.2, 0.25) is 0 Å². The molecule has 1 N–H and O–H groups in total. The number of anilines is 1. The predicted molar refractivity (Wildman–Crippen MR) is 211 cm³/mol. The molecule has 0 radical (unpaired) electrons. The highest BCUT2D eigenvalue weighted by Crippen LogP contribution is 2.29. The van der Waals surface area contributed by atoms with Crippen molar-refractivity contribution in [2.24, 2.45) is 0 Å². The van der Waals surface area contributed by atoms with Crippen molar-refractivity contribution in [3.05, 3.63) is 150 Å². The minimum absolute atomic E-state index is 0.00771. The summed E-state index contributed by atoms with van der Waals surface area (Å²) in [6.07, 6.45) is 5.18. The van der Waals surface area contributed by atoms with E-state index in [9.17, 15) is 18.0 Å². The van der Waals surface area contributed by atoms with Crippen molar-refractivity contribution in [2.45, 2.75) is 69.0 Å². The van der Waals surface area contributed by atoms with Gasteiger partial charge in [0.05, 0.1) is 17.7 Å². The Hall–Kier alpha value is -5.61. The SMILES string of the molecule is COc1cccc(CN(C(=O)CN(c2ccc(Oc3ccccc3)cc2)S(=O)(=O)c2ccc(C)cc2)C(Cc2ccccc2)C(=O)NC2CCCCC2)c1. The van der Waals surface area contributed by atoms with Crippen molar-refractivity contribution in [3.8, 4) is 17.2 Å². The van der Waals surface area contributed by atoms with Crippen LogP contribution in [0.1, 0.15) is 48.8 Å². The number of carbonyl (C=O) groups is 2. The van der Waals surface area contributed by atoms with Crippen LogP contribution in [-0.2, 0) is 32.6 Å². The fraction of sp³-hybridized carbons (Fsp3) is 0.273. The van der Waals surface area contributed by atoms with Crippen LogP contribution in [0.5, 0.6) is 17.2 Å². The normalized spacial score (nSPS) is 13.7. The zero-order valence-electron chi connectivity index (χ0n) is 30.8. The third-order valence-corrected chi connectivity index (χ3v) is 11.5. The summed E-state index contributed by atoms with van der Waals surface area (Å²) in [5, 5.41) is 3.25. The van der Waals surface area contributed by atoms with Gasteiger partial charge in [-0.25, -0.2) is 8.42 Å². The van der Waals surface area contributed by atoms with Gasteiger partial charge < -0.3 is 19.7 Å². The van der Waals surface area contributed by atoms with Gasteiger partial charge in [0.1, 0.15) is 29.8 Å². The lowest BCUT2D eigenvalue weighted by Gasteiger charge is -2.35. The summed E-state index contributed by atoms with van der Waals surface area (Å²) in [4.78, 5) is 30.9. The number of nitrogens with zero attached hydrogens (tertiary/aromatic N) is 2. The van der Waals surface area contributed by atoms with Crippen molar-refractivity contribution < 1.29 is 27.5 Å². The van der Waals surface area contributed by atoms with Crippen LogP contribution in [-0.4, -0.2) is 50.9 Å². The van der Waals surface area contributed by atoms with Gasteiger partial charge in [-0.3, -0.25) is 13.9 Å². The van der Waals surface area contributed by atoms with Crippen molar-refractivity contribution in [1.29, 1.82) is 0 Å². The molecule has 10 heteroatoms. The molecule has 1 aliphatic carbocycles. The van der Waals surface area contributed by atoms with Crippen LogP contribution in [0.25, 0.3) is 0 Å². The monoisotopic (exact) mass is 745 g/mol. The molecule has 0 saturated heterocycles. The summed E-state index contributed by atoms with van der Waals surface area (Å²) < 4.78 is 41.6. The number of methoxy groups -OCH3 is 1. The van der Waals surface area contributed by atoms with Gasteiger partial charge in [0, 0.05) is 19.0 Å². The Morgan fingerprint density at radius 2 is 1.35 bits per heavy atom. The van der Waals surface area contributed by atoms with Crippen molar-refractivity contribution in [1.82, 2.24) is 10.2 Å². The molecule has 2 amide bonds. The van der Waals surface area contributed by atoms with Crippen molar-refractivity contribution in [2.75, 3.05) is 18.0 Å². The van der Waals surface area contributed by atoms with E-state index < -0.39 is 28.5 Å². The molecule has 1 fully saturated rings. The molecule has 9 nitrogen and oxygen atoms in total. The quantitative estimate of drug-likeness (QED) is 0.116. The number of amides is 2. The van der Waals surface area contributed by atoms with E-state index in [1.54, 1.807) is 55.6 Å². The second-order valence-corrected chi connectivity index (χ2v) is 15.5. The van der Waals surface area contributed by atoms with Crippen LogP contribution < -0.4 is 19.1 Å². The van der Waals surface area contributed by atoms with Gasteiger partial charge in [0.2, 0.25) is 11.8 Å². The minimum atomic E-state index is -4.26. The first kappa shape index (κ1) is 38.1. The van der Waals surface area contributed by atoms with E-state index in [1.165, 1.54) is 4.90 Å². The molecule has 54 heavy (non-hydrogen) atoms. The lowest BCUT2D eigenvalue weighted by atomic mass is 9.94. The molecular weight excluding hydrogens is 699 g/mol. The number of para-hydroxylation sites is 1. The Labute approximate surface area is 318 Å². The highest BCUT2D eigenvalue weighted by Gasteiger charge is 2.35. The highest BCUT2D eigenvalue weighted by molar-refractivity contribution is 7.92. The van der Waals surface area contributed by atoms with E-state index in [1.807, 2.05) is 91.9 Å². The summed E-state index contributed by atoms with van der Waals surface area (Å²) >= 11 is 0. The molecule has 6 rings (SSSR count). The molecule has 5 aromatic rings. The molecule has 0 aliphatic heterocycles. The minimum Gasteiger partial charge on any atom is -0.497 e. The Morgan fingerprint density at radius 1 is 0.741 bits per heavy atom. The Bertz CT molecular complexity index is 2090. The van der Waals surface area contributed by atoms with Gasteiger partial charge in [-0.05, 0) is 91.6 Å². The van der Waals surface area contributed by atoms with Crippen LogP contribution >= 0.6 is 0 Å². The molecule has 0 aromatic heterocycles. The number of nitrogens with one attached hydrogen (secondary N) is 1. The predicted octanol–water partition coefficient (Wildman–Crippen LogP) is 8.08. The number of carbonyl (C=O) groups excluding carboxylic acids is 2. The topological polar surface area (TPSA) is 105 Å². The molecule has 1 unspecified atom stereocenters. The van der Waals surface area contributed by atoms with Crippen molar-refractivity contribution in [3.63, 3.8) is 0 Å². The fourth-order valence-corrected chi connectivity index (χ4v) is 8.15. The van der Waals surface area contributed by atoms with Gasteiger partial charge in [0.15, 0.2) is 0 Å². The zero-order chi connectivity index (χ0) is 37.9. The number of benzene rings is 5. The highest BCUT2D eigenvalue weighted by atomic mass is 32.2. The third kappa shape index (κ3) is 9.87. The number of rotatable bonds is 15. The van der Waals surface area contributed by atoms with E-state index in [4.69, 9.17) is 9.47 Å². The van der Waals surface area contributed by atoms with Crippen LogP contribution in [0.15, 0.2) is 138 Å². The number of hydrogen-bond acceptors (Lipinski definition) is 6. The molecule has 0 bridgehead atoms. The maximum absolute atomic E-state index is 14.9. The largest absolute Gasteiger partial charge is 0.497 e. The lowest BCUT2D eigenvalue weighted by Crippen LogP contribution is -2.55. The van der Waals surface area contributed by atoms with Gasteiger partial charge in [-0.15, -0.1) is 0 Å². The second kappa shape index (κ2) is 17.9. The zero-order valence-corrected chi connectivity index (χ0v) is 31.6. The molecule has 280 valence electrons. The lowest BCUT2D eigenvalue weighted by molar-refractivity contribution is -0.140. The molecular formula is C44H47N3O6S. The maximum Gasteiger partial charge on any atom is 0.264 e. The molecule has 1 atom stereocenters. The summed E-state index contributed by atoms with van der Waals surface area (Å²) in [5.74, 6) is 0.947. The van der Waals surface area contributed by atoms with E-state index in [0.29, 0.717) is 17.2 Å². The molecule has 5 aromatic carbocycles. The van der Waals surface area contributed by atoms with Gasteiger partial charge >= 0.3 is 0 Å². The summed E-state index contributed by atoms with van der Waals surface area (Å²) in [7, 11) is -2.69. The average Bonchev–Trinajstić information content (AvgIpc) is 3.20. The Balaban J connectivity index is 1.39. The molecule has 0 heterocycles. The van der Waals surface area contributed by atoms with E-state index in [2.05, 4.69) is 5.32 Å². The second-order valence-electron chi connectivity index (χ2n) is 13.7. The van der Waals surface area contributed by atoms with E-state index in [-0.39, 0.29) is 35.5 Å². The maximum atomic E-state index is 14.9. The molecule has 1 aliphatic rings. The smallest absolute Gasteiger partial charge is 0.264 e. The standard InChI is InChI=1S/C44H47N3O6S/c1-33-21-27-41(28-22-33)54(50,51)47(37-23-25-39(26-24-37)53-38-18-10-5-11-19-38)32-43(48)46(31-35-15-12-20-40(29-35)52-2)42(30-34-13-6-3-7-14-34)44(49)45-36-16-8-4-9-17-36/h3,5-7,10-15,18-29,36,42H,4,8-9,16-17,30-32H2,1-2H3,(H,45,49). The number of hydrogen-bond donors (Lipinski definition) is 1. The van der Waals surface area contributed by atoms with E-state index in [0.717, 1.165) is 53.1 Å². The Kier molecular flexibility index (Phi) is 12.7. The van der Waals surface area contributed by atoms with Crippen LogP contribution in [0.3, 0.4) is 0 Å². The first-order valence-corrected chi connectivity index (χ1v) is 19.8. The van der Waals surface area contributed by atoms with Gasteiger partial charge in [-0.1, -0.05) is 97.6 Å². The van der Waals surface area contributed by atoms with Crippen LogP contribution in [0, 0.1) is 6.92 Å². The first-order valence-electron chi connectivity index (χ1n) is 18.4. The summed E-state index contributed by atoms with van der Waals surface area (Å²) in [6.45, 7) is 1.37. The van der Waals surface area contributed by atoms with Crippen LogP contribution in [0.4, 0.5) is 5.69 Å². The van der Waals surface area contributed by atoms with E-state index >= 15 is 0 Å². The molecule has 0 spiro atoms. The number of sulfonamides is 1. The first-order chi connectivity index (χ1) is 26.2. The third-order valence-electron chi connectivity index (χ3n) is 9.70. The van der Waals surface area contributed by atoms with Crippen molar-refractivity contribution >= 4 is 27.5 Å². The fourth-order valence-electron chi connectivity index (χ4n) is 6.74. The van der Waals surface area contributed by atoms with Gasteiger partial charge in [-0.2, -0.15) is 0 Å². The summed E-state index contributed by atoms with van der Waals surface area (Å²) in [6, 6.07) is 38.4. The van der Waals surface area contributed by atoms with Gasteiger partial charge in [0.25, 0.3) is 10.0 Å². The molecule has 1 saturated carbocycles.